The van der Waals surface area contributed by atoms with Crippen LogP contribution in [0.15, 0.2) is 33.9 Å². The Morgan fingerprint density at radius 3 is 2.48 bits per heavy atom. The van der Waals surface area contributed by atoms with Crippen molar-refractivity contribution in [3.8, 4) is 5.75 Å². The van der Waals surface area contributed by atoms with Gasteiger partial charge in [-0.25, -0.2) is 4.68 Å². The fourth-order valence-electron chi connectivity index (χ4n) is 3.51. The molecule has 2 aliphatic rings. The highest BCUT2D eigenvalue weighted by atomic mass is 16.5. The van der Waals surface area contributed by atoms with Crippen LogP contribution in [0.1, 0.15) is 6.92 Å². The van der Waals surface area contributed by atoms with Gasteiger partial charge in [0.25, 0.3) is 0 Å². The molecule has 2 aromatic rings. The van der Waals surface area contributed by atoms with Gasteiger partial charge in [0.1, 0.15) is 12.3 Å². The van der Waals surface area contributed by atoms with Gasteiger partial charge in [-0.15, -0.1) is 5.10 Å². The number of anilines is 2. The van der Waals surface area contributed by atoms with Crippen molar-refractivity contribution in [1.82, 2.24) is 19.2 Å². The molecule has 10 heteroatoms. The number of hydrogen-bond acceptors (Lipinski definition) is 7. The number of morpholine rings is 1. The molecule has 1 saturated heterocycles. The zero-order valence-corrected chi connectivity index (χ0v) is 16.2. The van der Waals surface area contributed by atoms with Gasteiger partial charge in [0.2, 0.25) is 11.9 Å². The number of carbonyl (C=O) groups excluding carboxylic acids is 1. The zero-order chi connectivity index (χ0) is 20.4. The van der Waals surface area contributed by atoms with Crippen LogP contribution in [0.5, 0.6) is 5.75 Å². The number of aromatic nitrogens is 3. The summed E-state index contributed by atoms with van der Waals surface area (Å²) < 4.78 is 13.0. The molecular formula is C19H23N5O5. The molecule has 0 aliphatic carbocycles. The summed E-state index contributed by atoms with van der Waals surface area (Å²) in [5, 5.41) is 4.35. The number of ether oxygens (including phenoxy) is 2. The first kappa shape index (κ1) is 19.2. The van der Waals surface area contributed by atoms with Crippen LogP contribution in [0.3, 0.4) is 0 Å². The van der Waals surface area contributed by atoms with Gasteiger partial charge in [-0.2, -0.15) is 0 Å². The van der Waals surface area contributed by atoms with E-state index in [2.05, 4.69) is 5.10 Å². The van der Waals surface area contributed by atoms with E-state index in [0.717, 1.165) is 16.1 Å². The summed E-state index contributed by atoms with van der Waals surface area (Å²) in [5.41, 5.74) is -0.626. The van der Waals surface area contributed by atoms with Crippen LogP contribution < -0.4 is 20.8 Å². The van der Waals surface area contributed by atoms with E-state index >= 15 is 0 Å². The summed E-state index contributed by atoms with van der Waals surface area (Å²) in [5.74, 6) is 0.855. The maximum absolute atomic E-state index is 12.6. The predicted molar refractivity (Wildman–Crippen MR) is 105 cm³/mol. The Balaban J connectivity index is 1.62. The molecule has 1 fully saturated rings. The minimum absolute atomic E-state index is 0.252. The lowest BCUT2D eigenvalue weighted by Crippen LogP contribution is -2.47. The first-order valence-corrected chi connectivity index (χ1v) is 9.66. The number of amides is 1. The van der Waals surface area contributed by atoms with Crippen molar-refractivity contribution >= 4 is 17.5 Å². The van der Waals surface area contributed by atoms with Crippen molar-refractivity contribution in [1.29, 1.82) is 0 Å². The third-order valence-electron chi connectivity index (χ3n) is 5.01. The Bertz CT molecular complexity index is 1010. The third-order valence-corrected chi connectivity index (χ3v) is 5.01. The van der Waals surface area contributed by atoms with Crippen molar-refractivity contribution in [2.45, 2.75) is 20.0 Å². The first-order chi connectivity index (χ1) is 14.1. The summed E-state index contributed by atoms with van der Waals surface area (Å²) in [6, 6.07) is 7.44. The largest absolute Gasteiger partial charge is 0.494 e. The van der Waals surface area contributed by atoms with Crippen molar-refractivity contribution in [3.05, 3.63) is 45.0 Å². The molecule has 0 atom stereocenters. The molecule has 0 unspecified atom stereocenters. The minimum atomic E-state index is -0.788. The zero-order valence-electron chi connectivity index (χ0n) is 16.2. The molecule has 4 rings (SSSR count). The minimum Gasteiger partial charge on any atom is -0.494 e. The van der Waals surface area contributed by atoms with Gasteiger partial charge in [-0.05, 0) is 31.2 Å². The maximum atomic E-state index is 12.6. The standard InChI is InChI=1S/C19H23N5O5/c1-2-29-15-5-3-14(4-6-15)22-7-8-23-17(26)18(27)24(20-19(22)23)13-16(25)21-9-11-28-12-10-21/h3-6H,2,7-13H2,1H3. The summed E-state index contributed by atoms with van der Waals surface area (Å²) >= 11 is 0. The lowest BCUT2D eigenvalue weighted by Gasteiger charge is -2.27. The lowest BCUT2D eigenvalue weighted by molar-refractivity contribution is -0.136. The highest BCUT2D eigenvalue weighted by Crippen LogP contribution is 2.28. The van der Waals surface area contributed by atoms with Crippen LogP contribution in [0, 0.1) is 0 Å². The molecule has 29 heavy (non-hydrogen) atoms. The number of benzene rings is 1. The molecule has 0 N–H and O–H groups in total. The summed E-state index contributed by atoms with van der Waals surface area (Å²) in [6.45, 7) is 4.97. The van der Waals surface area contributed by atoms with E-state index < -0.39 is 11.1 Å². The van der Waals surface area contributed by atoms with Crippen LogP contribution in [0.4, 0.5) is 11.6 Å². The second kappa shape index (κ2) is 8.08. The van der Waals surface area contributed by atoms with Gasteiger partial charge in [0.05, 0.1) is 19.8 Å². The van der Waals surface area contributed by atoms with E-state index in [1.54, 1.807) is 4.90 Å². The second-order valence-electron chi connectivity index (χ2n) is 6.79. The number of rotatable bonds is 5. The quantitative estimate of drug-likeness (QED) is 0.641. The van der Waals surface area contributed by atoms with E-state index in [1.807, 2.05) is 36.1 Å². The lowest BCUT2D eigenvalue weighted by atomic mass is 10.3. The Morgan fingerprint density at radius 2 is 1.79 bits per heavy atom. The normalized spacial score (nSPS) is 16.0. The topological polar surface area (TPSA) is 98.9 Å². The van der Waals surface area contributed by atoms with E-state index in [9.17, 15) is 14.4 Å². The Morgan fingerprint density at radius 1 is 1.07 bits per heavy atom. The first-order valence-electron chi connectivity index (χ1n) is 9.66. The van der Waals surface area contributed by atoms with E-state index in [1.165, 1.54) is 4.57 Å². The van der Waals surface area contributed by atoms with Gasteiger partial charge in [-0.1, -0.05) is 0 Å². The molecule has 0 spiro atoms. The number of fused-ring (bicyclic) bond motifs is 1. The van der Waals surface area contributed by atoms with Crippen molar-refractivity contribution in [2.24, 2.45) is 0 Å². The highest BCUT2D eigenvalue weighted by Gasteiger charge is 2.27. The molecular weight excluding hydrogens is 378 g/mol. The van der Waals surface area contributed by atoms with Crippen molar-refractivity contribution < 1.29 is 14.3 Å². The summed E-state index contributed by atoms with van der Waals surface area (Å²) in [7, 11) is 0. The fourth-order valence-corrected chi connectivity index (χ4v) is 3.51. The Labute approximate surface area is 166 Å². The molecule has 154 valence electrons. The van der Waals surface area contributed by atoms with Gasteiger partial charge in [0, 0.05) is 31.9 Å². The summed E-state index contributed by atoms with van der Waals surface area (Å²) in [4.78, 5) is 41.0. The molecule has 0 saturated carbocycles. The van der Waals surface area contributed by atoms with Gasteiger partial charge in [-0.3, -0.25) is 19.0 Å². The van der Waals surface area contributed by atoms with Gasteiger partial charge >= 0.3 is 11.1 Å². The molecule has 2 aliphatic heterocycles. The monoisotopic (exact) mass is 401 g/mol. The van der Waals surface area contributed by atoms with E-state index in [0.29, 0.717) is 51.9 Å². The fraction of sp³-hybridized carbons (Fsp3) is 0.474. The SMILES string of the molecule is CCOc1ccc(N2CCn3c2nn(CC(=O)N2CCOCC2)c(=O)c3=O)cc1. The van der Waals surface area contributed by atoms with E-state index in [-0.39, 0.29) is 12.5 Å². The van der Waals surface area contributed by atoms with Gasteiger partial charge < -0.3 is 19.3 Å². The summed E-state index contributed by atoms with van der Waals surface area (Å²) in [6.07, 6.45) is 0. The molecule has 1 aromatic carbocycles. The molecule has 3 heterocycles. The number of carbonyl (C=O) groups is 1. The number of hydrogen-bond donors (Lipinski definition) is 0. The van der Waals surface area contributed by atoms with Crippen LogP contribution in [-0.4, -0.2) is 64.6 Å². The van der Waals surface area contributed by atoms with Crippen LogP contribution in [0.2, 0.25) is 0 Å². The van der Waals surface area contributed by atoms with Crippen LogP contribution in [0.25, 0.3) is 0 Å². The van der Waals surface area contributed by atoms with Gasteiger partial charge in [0.15, 0.2) is 0 Å². The number of nitrogens with zero attached hydrogens (tertiary/aromatic N) is 5. The second-order valence-corrected chi connectivity index (χ2v) is 6.79. The Kier molecular flexibility index (Phi) is 5.34. The van der Waals surface area contributed by atoms with Crippen molar-refractivity contribution in [2.75, 3.05) is 44.4 Å². The molecule has 10 nitrogen and oxygen atoms in total. The van der Waals surface area contributed by atoms with Crippen LogP contribution in [-0.2, 0) is 22.6 Å². The average molecular weight is 401 g/mol. The average Bonchev–Trinajstić information content (AvgIpc) is 3.17. The van der Waals surface area contributed by atoms with Crippen LogP contribution >= 0.6 is 0 Å². The maximum Gasteiger partial charge on any atom is 0.333 e. The smallest absolute Gasteiger partial charge is 0.333 e. The molecule has 0 radical (unpaired) electrons. The Hall–Kier alpha value is -3.14. The molecule has 1 amide bonds. The predicted octanol–water partition coefficient (Wildman–Crippen LogP) is -0.186. The van der Waals surface area contributed by atoms with E-state index in [4.69, 9.17) is 9.47 Å². The highest BCUT2D eigenvalue weighted by molar-refractivity contribution is 5.76. The molecule has 0 bridgehead atoms. The molecule has 1 aromatic heterocycles. The van der Waals surface area contributed by atoms with Crippen molar-refractivity contribution in [3.63, 3.8) is 0 Å². The third kappa shape index (κ3) is 3.75.